The Morgan fingerprint density at radius 2 is 2.07 bits per heavy atom. The van der Waals surface area contributed by atoms with Crippen LogP contribution in [0.3, 0.4) is 0 Å². The molecule has 1 N–H and O–H groups in total. The van der Waals surface area contributed by atoms with Crippen LogP contribution in [0, 0.1) is 0 Å². The average molecular weight is 236 g/mol. The van der Waals surface area contributed by atoms with Gasteiger partial charge in [0, 0.05) is 4.88 Å². The molecule has 0 spiro atoms. The zero-order valence-corrected chi connectivity index (χ0v) is 9.35. The minimum atomic E-state index is -0.169. The summed E-state index contributed by atoms with van der Waals surface area (Å²) < 4.78 is 0. The van der Waals surface area contributed by atoms with E-state index < -0.39 is 0 Å². The van der Waals surface area contributed by atoms with E-state index in [1.54, 1.807) is 23.6 Å². The van der Waals surface area contributed by atoms with Gasteiger partial charge in [-0.3, -0.25) is 4.79 Å². The second kappa shape index (κ2) is 4.86. The first-order chi connectivity index (χ1) is 7.36. The summed E-state index contributed by atoms with van der Waals surface area (Å²) in [6.07, 6.45) is 1.64. The molecule has 0 bridgehead atoms. The fraction of sp³-hybridized carbons (Fsp3) is 0. The van der Waals surface area contributed by atoms with Gasteiger partial charge in [-0.15, -0.1) is 22.7 Å². The zero-order chi connectivity index (χ0) is 10.5. The summed E-state index contributed by atoms with van der Waals surface area (Å²) in [7, 11) is 0. The van der Waals surface area contributed by atoms with Crippen LogP contribution >= 0.6 is 22.7 Å². The van der Waals surface area contributed by atoms with Gasteiger partial charge >= 0.3 is 0 Å². The fourth-order valence-electron chi connectivity index (χ4n) is 0.982. The molecule has 0 atom stereocenters. The van der Waals surface area contributed by atoms with Crippen LogP contribution in [0.1, 0.15) is 14.5 Å². The van der Waals surface area contributed by atoms with E-state index in [-0.39, 0.29) is 5.91 Å². The Bertz CT molecular complexity index is 446. The molecule has 0 fully saturated rings. The Kier molecular flexibility index (Phi) is 3.26. The van der Waals surface area contributed by atoms with Gasteiger partial charge in [-0.05, 0) is 22.9 Å². The van der Waals surface area contributed by atoms with E-state index in [4.69, 9.17) is 0 Å². The summed E-state index contributed by atoms with van der Waals surface area (Å²) >= 11 is 2.97. The quantitative estimate of drug-likeness (QED) is 0.646. The second-order valence-electron chi connectivity index (χ2n) is 2.69. The molecule has 3 nitrogen and oxygen atoms in total. The minimum absolute atomic E-state index is 0.169. The van der Waals surface area contributed by atoms with Crippen molar-refractivity contribution in [3.05, 3.63) is 44.8 Å². The summed E-state index contributed by atoms with van der Waals surface area (Å²) in [5.41, 5.74) is 2.47. The van der Waals surface area contributed by atoms with Gasteiger partial charge in [0.25, 0.3) is 5.91 Å². The molecular formula is C10H8N2OS2. The molecule has 5 heteroatoms. The van der Waals surface area contributed by atoms with Gasteiger partial charge in [0.05, 0.1) is 11.1 Å². The van der Waals surface area contributed by atoms with Crippen molar-refractivity contribution < 1.29 is 4.79 Å². The molecule has 15 heavy (non-hydrogen) atoms. The number of carbonyl (C=O) groups excluding carboxylic acids is 1. The summed E-state index contributed by atoms with van der Waals surface area (Å²) in [6.45, 7) is 0. The number of rotatable bonds is 3. The fourth-order valence-corrected chi connectivity index (χ4v) is 2.18. The van der Waals surface area contributed by atoms with Crippen LogP contribution in [0.5, 0.6) is 0 Å². The Labute approximate surface area is 95.1 Å². The maximum absolute atomic E-state index is 11.4. The topological polar surface area (TPSA) is 41.5 Å². The molecule has 0 radical (unpaired) electrons. The highest BCUT2D eigenvalue weighted by Gasteiger charge is 2.03. The number of nitrogens with zero attached hydrogens (tertiary/aromatic N) is 1. The molecule has 2 aromatic heterocycles. The number of carbonyl (C=O) groups is 1. The monoisotopic (exact) mass is 236 g/mol. The third-order valence-corrected chi connectivity index (χ3v) is 3.32. The number of thiophene rings is 2. The molecule has 0 aliphatic rings. The predicted octanol–water partition coefficient (Wildman–Crippen LogP) is 2.57. The van der Waals surface area contributed by atoms with E-state index >= 15 is 0 Å². The first-order valence-corrected chi connectivity index (χ1v) is 6.02. The molecule has 0 aromatic carbocycles. The van der Waals surface area contributed by atoms with E-state index in [9.17, 15) is 4.79 Å². The Morgan fingerprint density at radius 1 is 1.27 bits per heavy atom. The van der Waals surface area contributed by atoms with Gasteiger partial charge in [0.2, 0.25) is 0 Å². The van der Waals surface area contributed by atoms with Crippen molar-refractivity contribution in [2.24, 2.45) is 5.10 Å². The third kappa shape index (κ3) is 2.74. The van der Waals surface area contributed by atoms with E-state index in [1.165, 1.54) is 11.3 Å². The van der Waals surface area contributed by atoms with Gasteiger partial charge in [0.15, 0.2) is 0 Å². The van der Waals surface area contributed by atoms with Gasteiger partial charge < -0.3 is 0 Å². The smallest absolute Gasteiger partial charge is 0.266 e. The van der Waals surface area contributed by atoms with Gasteiger partial charge in [-0.25, -0.2) is 5.43 Å². The lowest BCUT2D eigenvalue weighted by Gasteiger charge is -1.93. The normalized spacial score (nSPS) is 10.7. The highest BCUT2D eigenvalue weighted by molar-refractivity contribution is 7.12. The highest BCUT2D eigenvalue weighted by Crippen LogP contribution is 2.08. The molecule has 0 aliphatic heterocycles. The molecule has 0 saturated carbocycles. The first-order valence-electron chi connectivity index (χ1n) is 4.26. The highest BCUT2D eigenvalue weighted by atomic mass is 32.1. The van der Waals surface area contributed by atoms with E-state index in [0.29, 0.717) is 4.88 Å². The van der Waals surface area contributed by atoms with Gasteiger partial charge in [0.1, 0.15) is 0 Å². The molecule has 0 unspecified atom stereocenters. The maximum atomic E-state index is 11.4. The van der Waals surface area contributed by atoms with Crippen LogP contribution < -0.4 is 5.43 Å². The van der Waals surface area contributed by atoms with Crippen LogP contribution in [0.15, 0.2) is 40.1 Å². The number of amides is 1. The van der Waals surface area contributed by atoms with Crippen LogP contribution in [-0.4, -0.2) is 12.1 Å². The standard InChI is InChI=1S/C10H8N2OS2/c13-10(9-4-2-6-15-9)12-11-7-8-3-1-5-14-8/h1-7H,(H,12,13)/b11-7+. The Hall–Kier alpha value is -1.46. The van der Waals surface area contributed by atoms with Crippen molar-refractivity contribution in [1.29, 1.82) is 0 Å². The van der Waals surface area contributed by atoms with Crippen LogP contribution in [0.2, 0.25) is 0 Å². The van der Waals surface area contributed by atoms with Crippen molar-refractivity contribution in [1.82, 2.24) is 5.43 Å². The lowest BCUT2D eigenvalue weighted by atomic mass is 10.4. The van der Waals surface area contributed by atoms with Crippen molar-refractivity contribution >= 4 is 34.8 Å². The molecular weight excluding hydrogens is 228 g/mol. The Morgan fingerprint density at radius 3 is 2.73 bits per heavy atom. The van der Waals surface area contributed by atoms with E-state index in [0.717, 1.165) is 4.88 Å². The summed E-state index contributed by atoms with van der Waals surface area (Å²) in [5, 5.41) is 7.68. The molecule has 0 aliphatic carbocycles. The molecule has 1 amide bonds. The van der Waals surface area contributed by atoms with Crippen molar-refractivity contribution in [3.8, 4) is 0 Å². The SMILES string of the molecule is O=C(N/N=C/c1cccs1)c1cccs1. The molecule has 0 saturated heterocycles. The number of hydrogen-bond donors (Lipinski definition) is 1. The van der Waals surface area contributed by atoms with Crippen molar-refractivity contribution in [3.63, 3.8) is 0 Å². The first kappa shape index (κ1) is 10.1. The summed E-state index contributed by atoms with van der Waals surface area (Å²) in [5.74, 6) is -0.169. The lowest BCUT2D eigenvalue weighted by molar-refractivity contribution is 0.0959. The maximum Gasteiger partial charge on any atom is 0.281 e. The van der Waals surface area contributed by atoms with Gasteiger partial charge in [-0.1, -0.05) is 12.1 Å². The average Bonchev–Trinajstić information content (AvgIpc) is 2.90. The van der Waals surface area contributed by atoms with E-state index in [2.05, 4.69) is 10.5 Å². The Balaban J connectivity index is 1.91. The largest absolute Gasteiger partial charge is 0.281 e. The lowest BCUT2D eigenvalue weighted by Crippen LogP contribution is -2.15. The van der Waals surface area contributed by atoms with Crippen LogP contribution in [-0.2, 0) is 0 Å². The summed E-state index contributed by atoms with van der Waals surface area (Å²) in [4.78, 5) is 13.1. The van der Waals surface area contributed by atoms with E-state index in [1.807, 2.05) is 29.0 Å². The number of nitrogens with one attached hydrogen (secondary N) is 1. The zero-order valence-electron chi connectivity index (χ0n) is 7.71. The predicted molar refractivity (Wildman–Crippen MR) is 63.7 cm³/mol. The second-order valence-corrected chi connectivity index (χ2v) is 4.62. The molecule has 2 aromatic rings. The van der Waals surface area contributed by atoms with Crippen LogP contribution in [0.4, 0.5) is 0 Å². The molecule has 76 valence electrons. The third-order valence-electron chi connectivity index (χ3n) is 1.65. The molecule has 2 heterocycles. The summed E-state index contributed by atoms with van der Waals surface area (Å²) in [6, 6.07) is 7.47. The number of hydrazone groups is 1. The molecule has 2 rings (SSSR count). The van der Waals surface area contributed by atoms with Crippen molar-refractivity contribution in [2.45, 2.75) is 0 Å². The van der Waals surface area contributed by atoms with Crippen LogP contribution in [0.25, 0.3) is 0 Å². The minimum Gasteiger partial charge on any atom is -0.266 e. The van der Waals surface area contributed by atoms with Crippen molar-refractivity contribution in [2.75, 3.05) is 0 Å². The van der Waals surface area contributed by atoms with Gasteiger partial charge in [-0.2, -0.15) is 5.10 Å². The number of hydrogen-bond acceptors (Lipinski definition) is 4.